The first-order chi connectivity index (χ1) is 8.54. The van der Waals surface area contributed by atoms with Crippen molar-refractivity contribution in [2.75, 3.05) is 6.54 Å². The SMILES string of the molecule is Cc1c(-c2cc(Br)ccc2F)c(CCN)nn1C. The molecule has 0 spiro atoms. The number of benzene rings is 1. The van der Waals surface area contributed by atoms with Crippen LogP contribution in [0.4, 0.5) is 4.39 Å². The van der Waals surface area contributed by atoms with E-state index in [4.69, 9.17) is 5.73 Å². The van der Waals surface area contributed by atoms with Gasteiger partial charge in [-0.3, -0.25) is 4.68 Å². The molecule has 2 aromatic rings. The topological polar surface area (TPSA) is 43.8 Å². The van der Waals surface area contributed by atoms with Gasteiger partial charge in [0, 0.05) is 34.8 Å². The Hall–Kier alpha value is -1.20. The van der Waals surface area contributed by atoms with Gasteiger partial charge in [0.1, 0.15) is 5.82 Å². The van der Waals surface area contributed by atoms with E-state index < -0.39 is 0 Å². The molecule has 18 heavy (non-hydrogen) atoms. The first-order valence-electron chi connectivity index (χ1n) is 5.72. The molecule has 1 aromatic heterocycles. The lowest BCUT2D eigenvalue weighted by Gasteiger charge is -2.06. The molecule has 96 valence electrons. The van der Waals surface area contributed by atoms with E-state index in [1.54, 1.807) is 16.8 Å². The molecule has 0 aliphatic rings. The van der Waals surface area contributed by atoms with Crippen molar-refractivity contribution in [2.24, 2.45) is 12.8 Å². The van der Waals surface area contributed by atoms with E-state index in [0.717, 1.165) is 21.4 Å². The average Bonchev–Trinajstić information content (AvgIpc) is 2.59. The lowest BCUT2D eigenvalue weighted by atomic mass is 10.0. The normalized spacial score (nSPS) is 10.9. The first kappa shape index (κ1) is 13.2. The third kappa shape index (κ3) is 2.33. The molecule has 2 N–H and O–H groups in total. The van der Waals surface area contributed by atoms with Crippen LogP contribution in [0.3, 0.4) is 0 Å². The number of rotatable bonds is 3. The third-order valence-electron chi connectivity index (χ3n) is 2.99. The van der Waals surface area contributed by atoms with E-state index >= 15 is 0 Å². The highest BCUT2D eigenvalue weighted by Gasteiger charge is 2.17. The van der Waals surface area contributed by atoms with Crippen LogP contribution in [0.5, 0.6) is 0 Å². The Labute approximate surface area is 114 Å². The molecule has 2 rings (SSSR count). The fourth-order valence-corrected chi connectivity index (χ4v) is 2.39. The van der Waals surface area contributed by atoms with Crippen LogP contribution in [0.2, 0.25) is 0 Å². The molecule has 0 saturated heterocycles. The van der Waals surface area contributed by atoms with Crippen LogP contribution in [0.25, 0.3) is 11.1 Å². The number of hydrogen-bond acceptors (Lipinski definition) is 2. The van der Waals surface area contributed by atoms with Gasteiger partial charge in [0.25, 0.3) is 0 Å². The standard InChI is InChI=1S/C13H15BrFN3/c1-8-13(12(5-6-16)17-18(8)2)10-7-9(14)3-4-11(10)15/h3-4,7H,5-6,16H2,1-2H3. The first-order valence-corrected chi connectivity index (χ1v) is 6.52. The number of nitrogens with zero attached hydrogens (tertiary/aromatic N) is 2. The smallest absolute Gasteiger partial charge is 0.131 e. The van der Waals surface area contributed by atoms with Gasteiger partial charge in [-0.25, -0.2) is 4.39 Å². The van der Waals surface area contributed by atoms with Crippen molar-refractivity contribution in [1.29, 1.82) is 0 Å². The fraction of sp³-hybridized carbons (Fsp3) is 0.308. The van der Waals surface area contributed by atoms with Crippen molar-refractivity contribution in [2.45, 2.75) is 13.3 Å². The van der Waals surface area contributed by atoms with Crippen LogP contribution in [0, 0.1) is 12.7 Å². The maximum absolute atomic E-state index is 14.0. The van der Waals surface area contributed by atoms with Gasteiger partial charge in [-0.1, -0.05) is 15.9 Å². The van der Waals surface area contributed by atoms with E-state index in [1.165, 1.54) is 6.07 Å². The second-order valence-corrected chi connectivity index (χ2v) is 5.11. The molecule has 0 radical (unpaired) electrons. The van der Waals surface area contributed by atoms with Crippen molar-refractivity contribution in [3.8, 4) is 11.1 Å². The highest BCUT2D eigenvalue weighted by Crippen LogP contribution is 2.31. The van der Waals surface area contributed by atoms with Crippen LogP contribution in [0.15, 0.2) is 22.7 Å². The molecular weight excluding hydrogens is 297 g/mol. The van der Waals surface area contributed by atoms with Gasteiger partial charge in [0.05, 0.1) is 5.69 Å². The van der Waals surface area contributed by atoms with E-state index in [1.807, 2.05) is 14.0 Å². The molecular formula is C13H15BrFN3. The van der Waals surface area contributed by atoms with Crippen LogP contribution < -0.4 is 5.73 Å². The summed E-state index contributed by atoms with van der Waals surface area (Å²) in [5, 5.41) is 4.40. The molecule has 0 unspecified atom stereocenters. The van der Waals surface area contributed by atoms with Crippen molar-refractivity contribution >= 4 is 15.9 Å². The Bertz CT molecular complexity index is 578. The molecule has 0 fully saturated rings. The zero-order valence-corrected chi connectivity index (χ0v) is 12.0. The minimum atomic E-state index is -0.243. The van der Waals surface area contributed by atoms with Crippen molar-refractivity contribution < 1.29 is 4.39 Å². The lowest BCUT2D eigenvalue weighted by Crippen LogP contribution is -2.04. The van der Waals surface area contributed by atoms with Crippen LogP contribution in [-0.4, -0.2) is 16.3 Å². The molecule has 3 nitrogen and oxygen atoms in total. The van der Waals surface area contributed by atoms with E-state index in [2.05, 4.69) is 21.0 Å². The van der Waals surface area contributed by atoms with Gasteiger partial charge >= 0.3 is 0 Å². The molecule has 0 atom stereocenters. The summed E-state index contributed by atoms with van der Waals surface area (Å²) in [6.07, 6.45) is 0.642. The second-order valence-electron chi connectivity index (χ2n) is 4.19. The summed E-state index contributed by atoms with van der Waals surface area (Å²) in [7, 11) is 1.86. The minimum absolute atomic E-state index is 0.243. The predicted octanol–water partition coefficient (Wildman–Crippen LogP) is 2.80. The summed E-state index contributed by atoms with van der Waals surface area (Å²) in [4.78, 5) is 0. The second kappa shape index (κ2) is 5.20. The summed E-state index contributed by atoms with van der Waals surface area (Å²) in [6.45, 7) is 2.43. The van der Waals surface area contributed by atoms with Crippen molar-refractivity contribution in [3.05, 3.63) is 39.9 Å². The monoisotopic (exact) mass is 311 g/mol. The Balaban J connectivity index is 2.65. The van der Waals surface area contributed by atoms with E-state index in [-0.39, 0.29) is 5.82 Å². The van der Waals surface area contributed by atoms with Gasteiger partial charge in [-0.15, -0.1) is 0 Å². The molecule has 0 saturated carbocycles. The summed E-state index contributed by atoms with van der Waals surface area (Å²) < 4.78 is 16.6. The Morgan fingerprint density at radius 1 is 1.44 bits per heavy atom. The number of hydrogen-bond donors (Lipinski definition) is 1. The Kier molecular flexibility index (Phi) is 3.82. The summed E-state index contributed by atoms with van der Waals surface area (Å²) in [5.74, 6) is -0.243. The molecule has 0 aliphatic carbocycles. The van der Waals surface area contributed by atoms with Gasteiger partial charge in [-0.2, -0.15) is 5.10 Å². The molecule has 0 amide bonds. The maximum atomic E-state index is 14.0. The van der Waals surface area contributed by atoms with Gasteiger partial charge < -0.3 is 5.73 Å². The van der Waals surface area contributed by atoms with E-state index in [0.29, 0.717) is 18.5 Å². The number of nitrogens with two attached hydrogens (primary N) is 1. The molecule has 0 aliphatic heterocycles. The van der Waals surface area contributed by atoms with Gasteiger partial charge in [-0.05, 0) is 31.7 Å². The van der Waals surface area contributed by atoms with Crippen LogP contribution >= 0.6 is 15.9 Å². The predicted molar refractivity (Wildman–Crippen MR) is 73.8 cm³/mol. The van der Waals surface area contributed by atoms with Crippen LogP contribution in [0.1, 0.15) is 11.4 Å². The maximum Gasteiger partial charge on any atom is 0.131 e. The van der Waals surface area contributed by atoms with Gasteiger partial charge in [0.15, 0.2) is 0 Å². The summed E-state index contributed by atoms with van der Waals surface area (Å²) in [6, 6.07) is 4.92. The summed E-state index contributed by atoms with van der Waals surface area (Å²) in [5.41, 5.74) is 8.78. The Morgan fingerprint density at radius 3 is 2.83 bits per heavy atom. The summed E-state index contributed by atoms with van der Waals surface area (Å²) >= 11 is 3.37. The largest absolute Gasteiger partial charge is 0.330 e. The highest BCUT2D eigenvalue weighted by molar-refractivity contribution is 9.10. The van der Waals surface area contributed by atoms with E-state index in [9.17, 15) is 4.39 Å². The van der Waals surface area contributed by atoms with Crippen LogP contribution in [-0.2, 0) is 13.5 Å². The zero-order chi connectivity index (χ0) is 13.3. The molecule has 1 aromatic carbocycles. The average molecular weight is 312 g/mol. The molecule has 5 heteroatoms. The number of halogens is 2. The number of aryl methyl sites for hydroxylation is 1. The zero-order valence-electron chi connectivity index (χ0n) is 10.4. The third-order valence-corrected chi connectivity index (χ3v) is 3.48. The van der Waals surface area contributed by atoms with Crippen molar-refractivity contribution in [3.63, 3.8) is 0 Å². The van der Waals surface area contributed by atoms with Gasteiger partial charge in [0.2, 0.25) is 0 Å². The highest BCUT2D eigenvalue weighted by atomic mass is 79.9. The molecule has 1 heterocycles. The molecule has 0 bridgehead atoms. The lowest BCUT2D eigenvalue weighted by molar-refractivity contribution is 0.630. The Morgan fingerprint density at radius 2 is 2.17 bits per heavy atom. The number of aromatic nitrogens is 2. The fourth-order valence-electron chi connectivity index (χ4n) is 2.03. The minimum Gasteiger partial charge on any atom is -0.330 e. The quantitative estimate of drug-likeness (QED) is 0.947. The van der Waals surface area contributed by atoms with Crippen molar-refractivity contribution in [1.82, 2.24) is 9.78 Å².